The van der Waals surface area contributed by atoms with Crippen molar-refractivity contribution >= 4 is 7.26 Å². The van der Waals surface area contributed by atoms with Gasteiger partial charge in [0.15, 0.2) is 0 Å². The van der Waals surface area contributed by atoms with Crippen LogP contribution in [0, 0.1) is 0 Å². The van der Waals surface area contributed by atoms with E-state index in [1.807, 2.05) is 0 Å². The molecule has 0 rings (SSSR count). The van der Waals surface area contributed by atoms with E-state index in [1.165, 1.54) is 231 Å². The standard InChI is InChI=1S/C48H100P/c1-5-9-13-17-21-25-26-27-28-32-36-40-44-48-49(45-41-37-33-29-22-18-14-10-6-2,46-42-38-34-30-23-19-15-11-7-3)47-43-39-35-31-24-20-16-12-8-4/h5-48H2,1-4H3/q+1. The van der Waals surface area contributed by atoms with Crippen LogP contribution in [0.15, 0.2) is 0 Å². The van der Waals surface area contributed by atoms with E-state index in [4.69, 9.17) is 0 Å². The quantitative estimate of drug-likeness (QED) is 0.0437. The molecule has 0 aromatic rings. The first-order chi connectivity index (χ1) is 24.2. The van der Waals surface area contributed by atoms with Crippen molar-refractivity contribution in [3.63, 3.8) is 0 Å². The van der Waals surface area contributed by atoms with Crippen molar-refractivity contribution < 1.29 is 0 Å². The van der Waals surface area contributed by atoms with Crippen molar-refractivity contribution in [1.29, 1.82) is 0 Å². The molecule has 0 aromatic carbocycles. The third-order valence-corrected chi connectivity index (χ3v) is 17.0. The molecule has 0 saturated carbocycles. The summed E-state index contributed by atoms with van der Waals surface area (Å²) in [5, 5.41) is 0. The zero-order valence-electron chi connectivity index (χ0n) is 35.6. The largest absolute Gasteiger partial charge is 0.0654 e. The predicted octanol–water partition coefficient (Wildman–Crippen LogP) is 18.7. The van der Waals surface area contributed by atoms with E-state index in [9.17, 15) is 0 Å². The van der Waals surface area contributed by atoms with Gasteiger partial charge in [0.05, 0.1) is 24.6 Å². The van der Waals surface area contributed by atoms with Crippen LogP contribution in [0.3, 0.4) is 0 Å². The minimum absolute atomic E-state index is 0.790. The van der Waals surface area contributed by atoms with Crippen LogP contribution in [0.25, 0.3) is 0 Å². The molecule has 0 aliphatic heterocycles. The lowest BCUT2D eigenvalue weighted by Crippen LogP contribution is -2.13. The smallest absolute Gasteiger partial charge is 0.0594 e. The van der Waals surface area contributed by atoms with Crippen LogP contribution in [0.4, 0.5) is 0 Å². The van der Waals surface area contributed by atoms with Crippen molar-refractivity contribution in [3.05, 3.63) is 0 Å². The Hall–Kier alpha value is 0.430. The highest BCUT2D eigenvalue weighted by atomic mass is 31.2. The Morgan fingerprint density at radius 1 is 0.163 bits per heavy atom. The van der Waals surface area contributed by atoms with Gasteiger partial charge in [-0.25, -0.2) is 0 Å². The van der Waals surface area contributed by atoms with Gasteiger partial charge < -0.3 is 0 Å². The minimum atomic E-state index is -0.790. The van der Waals surface area contributed by atoms with Crippen LogP contribution in [0.1, 0.15) is 285 Å². The fourth-order valence-corrected chi connectivity index (χ4v) is 13.3. The fourth-order valence-electron chi connectivity index (χ4n) is 8.41. The van der Waals surface area contributed by atoms with Crippen molar-refractivity contribution in [2.45, 2.75) is 285 Å². The van der Waals surface area contributed by atoms with Crippen LogP contribution in [-0.2, 0) is 0 Å². The van der Waals surface area contributed by atoms with Crippen molar-refractivity contribution in [1.82, 2.24) is 0 Å². The van der Waals surface area contributed by atoms with Crippen LogP contribution in [0.2, 0.25) is 0 Å². The molecule has 0 N–H and O–H groups in total. The van der Waals surface area contributed by atoms with Gasteiger partial charge in [0.2, 0.25) is 0 Å². The Kier molecular flexibility index (Phi) is 43.2. The van der Waals surface area contributed by atoms with Gasteiger partial charge in [-0.05, 0) is 51.4 Å². The molecule has 0 fully saturated rings. The summed E-state index contributed by atoms with van der Waals surface area (Å²) in [5.41, 5.74) is 0. The molecule has 0 nitrogen and oxygen atoms in total. The van der Waals surface area contributed by atoms with Gasteiger partial charge in [-0.2, -0.15) is 0 Å². The zero-order chi connectivity index (χ0) is 35.6. The van der Waals surface area contributed by atoms with E-state index in [-0.39, 0.29) is 0 Å². The molecule has 0 amide bonds. The summed E-state index contributed by atoms with van der Waals surface area (Å²) in [6, 6.07) is 0. The van der Waals surface area contributed by atoms with Crippen molar-refractivity contribution in [3.8, 4) is 0 Å². The molecule has 0 bridgehead atoms. The molecule has 0 radical (unpaired) electrons. The second-order valence-corrected chi connectivity index (χ2v) is 21.4. The van der Waals surface area contributed by atoms with Gasteiger partial charge in [-0.1, -0.05) is 233 Å². The zero-order valence-corrected chi connectivity index (χ0v) is 36.5. The maximum Gasteiger partial charge on any atom is 0.0594 e. The molecule has 0 aromatic heterocycles. The summed E-state index contributed by atoms with van der Waals surface area (Å²) in [4.78, 5) is 0. The summed E-state index contributed by atoms with van der Waals surface area (Å²) in [7, 11) is -0.790. The van der Waals surface area contributed by atoms with Gasteiger partial charge in [0.1, 0.15) is 0 Å². The Balaban J connectivity index is 4.81. The van der Waals surface area contributed by atoms with Crippen LogP contribution in [-0.4, -0.2) is 24.6 Å². The molecule has 0 heterocycles. The number of hydrogen-bond acceptors (Lipinski definition) is 0. The lowest BCUT2D eigenvalue weighted by atomic mass is 10.1. The van der Waals surface area contributed by atoms with E-state index >= 15 is 0 Å². The van der Waals surface area contributed by atoms with Gasteiger partial charge >= 0.3 is 0 Å². The Morgan fingerprint density at radius 3 is 0.429 bits per heavy atom. The average molecular weight is 708 g/mol. The monoisotopic (exact) mass is 708 g/mol. The SMILES string of the molecule is CCCCCCCCCCCCCCC[P+](CCCCCCCCCCC)(CCCCCCCCCCC)CCCCCCCCCCC. The third kappa shape index (κ3) is 38.0. The summed E-state index contributed by atoms with van der Waals surface area (Å²) in [5.74, 6) is 0. The Morgan fingerprint density at radius 2 is 0.286 bits per heavy atom. The molecule has 1 heteroatoms. The number of rotatable bonds is 44. The third-order valence-electron chi connectivity index (χ3n) is 11.9. The van der Waals surface area contributed by atoms with E-state index in [2.05, 4.69) is 27.7 Å². The van der Waals surface area contributed by atoms with E-state index in [1.54, 1.807) is 50.3 Å². The summed E-state index contributed by atoms with van der Waals surface area (Å²) >= 11 is 0. The normalized spacial score (nSPS) is 12.0. The molecular formula is C48H100P+. The number of unbranched alkanes of at least 4 members (excludes halogenated alkanes) is 36. The van der Waals surface area contributed by atoms with Gasteiger partial charge in [-0.3, -0.25) is 0 Å². The molecule has 0 unspecified atom stereocenters. The molecule has 49 heavy (non-hydrogen) atoms. The van der Waals surface area contributed by atoms with Crippen LogP contribution in [0.5, 0.6) is 0 Å². The summed E-state index contributed by atoms with van der Waals surface area (Å²) in [6.07, 6.45) is 66.2. The molecule has 0 spiro atoms. The number of hydrogen-bond donors (Lipinski definition) is 0. The molecule has 0 aliphatic rings. The fraction of sp³-hybridized carbons (Fsp3) is 1.00. The highest BCUT2D eigenvalue weighted by molar-refractivity contribution is 7.75. The Bertz CT molecular complexity index is 514. The molecule has 0 aliphatic carbocycles. The lowest BCUT2D eigenvalue weighted by Gasteiger charge is -2.28. The maximum absolute atomic E-state index is 2.34. The van der Waals surface area contributed by atoms with Crippen molar-refractivity contribution in [2.75, 3.05) is 24.6 Å². The summed E-state index contributed by atoms with van der Waals surface area (Å²) < 4.78 is 0. The molecule has 0 saturated heterocycles. The van der Waals surface area contributed by atoms with Crippen LogP contribution < -0.4 is 0 Å². The topological polar surface area (TPSA) is 0 Å². The molecule has 296 valence electrons. The van der Waals surface area contributed by atoms with E-state index in [0.29, 0.717) is 0 Å². The minimum Gasteiger partial charge on any atom is -0.0654 e. The average Bonchev–Trinajstić information content (AvgIpc) is 3.11. The Labute approximate surface area is 315 Å². The highest BCUT2D eigenvalue weighted by Gasteiger charge is 2.35. The van der Waals surface area contributed by atoms with Crippen LogP contribution >= 0.6 is 7.26 Å². The second kappa shape index (κ2) is 42.8. The van der Waals surface area contributed by atoms with E-state index in [0.717, 1.165) is 0 Å². The molecular weight excluding hydrogens is 608 g/mol. The first-order valence-electron chi connectivity index (χ1n) is 24.1. The van der Waals surface area contributed by atoms with E-state index < -0.39 is 7.26 Å². The maximum atomic E-state index is 2.34. The predicted molar refractivity (Wildman–Crippen MR) is 234 cm³/mol. The first kappa shape index (κ1) is 49.4. The lowest BCUT2D eigenvalue weighted by molar-refractivity contribution is 0.542. The molecule has 0 atom stereocenters. The van der Waals surface area contributed by atoms with Gasteiger partial charge in [0.25, 0.3) is 0 Å². The highest BCUT2D eigenvalue weighted by Crippen LogP contribution is 2.61. The van der Waals surface area contributed by atoms with Gasteiger partial charge in [-0.15, -0.1) is 0 Å². The van der Waals surface area contributed by atoms with Crippen molar-refractivity contribution in [2.24, 2.45) is 0 Å². The van der Waals surface area contributed by atoms with Gasteiger partial charge in [0, 0.05) is 7.26 Å². The first-order valence-corrected chi connectivity index (χ1v) is 26.6. The second-order valence-electron chi connectivity index (χ2n) is 17.0. The summed E-state index contributed by atoms with van der Waals surface area (Å²) in [6.45, 7) is 9.36.